The highest BCUT2D eigenvalue weighted by Gasteiger charge is 2.16. The normalized spacial score (nSPS) is 11.9. The Balaban J connectivity index is 1.83. The molecule has 0 radical (unpaired) electrons. The number of oxazole rings is 1. The second-order valence-electron chi connectivity index (χ2n) is 5.39. The summed E-state index contributed by atoms with van der Waals surface area (Å²) in [6.45, 7) is 0. The summed E-state index contributed by atoms with van der Waals surface area (Å²) in [7, 11) is -3.52. The van der Waals surface area contributed by atoms with E-state index in [2.05, 4.69) is 15.0 Å². The first-order chi connectivity index (χ1) is 11.9. The lowest BCUT2D eigenvalue weighted by Gasteiger charge is -2.00. The molecular formula is C16H11FN4O3S. The molecule has 126 valence electrons. The standard InChI is InChI=1S/C16H11FN4O3S/c1-25(22,23)15-18-7-6-12(20-15)13-8-19-16-21(13)9-14(24-16)10-2-4-11(17)5-3-10/h2-9H,1H3. The van der Waals surface area contributed by atoms with Gasteiger partial charge in [-0.3, -0.25) is 4.40 Å². The number of rotatable bonds is 3. The number of hydrogen-bond acceptors (Lipinski definition) is 6. The third kappa shape index (κ3) is 2.78. The minimum absolute atomic E-state index is 0.262. The first kappa shape index (κ1) is 15.5. The van der Waals surface area contributed by atoms with Crippen molar-refractivity contribution in [3.05, 3.63) is 54.7 Å². The molecule has 0 spiro atoms. The van der Waals surface area contributed by atoms with Gasteiger partial charge in [0.05, 0.1) is 23.8 Å². The van der Waals surface area contributed by atoms with Gasteiger partial charge in [0.15, 0.2) is 5.76 Å². The van der Waals surface area contributed by atoms with Crippen LogP contribution in [0, 0.1) is 5.82 Å². The van der Waals surface area contributed by atoms with Crippen LogP contribution in [0.3, 0.4) is 0 Å². The van der Waals surface area contributed by atoms with Crippen molar-refractivity contribution in [1.29, 1.82) is 0 Å². The van der Waals surface area contributed by atoms with E-state index in [4.69, 9.17) is 4.42 Å². The second-order valence-corrected chi connectivity index (χ2v) is 7.30. The van der Waals surface area contributed by atoms with Gasteiger partial charge < -0.3 is 4.42 Å². The molecule has 3 aromatic heterocycles. The summed E-state index contributed by atoms with van der Waals surface area (Å²) in [6, 6.07) is 7.46. The van der Waals surface area contributed by atoms with E-state index >= 15 is 0 Å². The number of aromatic nitrogens is 4. The van der Waals surface area contributed by atoms with Gasteiger partial charge in [-0.15, -0.1) is 0 Å². The first-order valence-electron chi connectivity index (χ1n) is 7.18. The molecule has 1 aromatic carbocycles. The van der Waals surface area contributed by atoms with Gasteiger partial charge in [0.2, 0.25) is 15.0 Å². The minimum Gasteiger partial charge on any atom is -0.423 e. The summed E-state index contributed by atoms with van der Waals surface area (Å²) < 4.78 is 43.6. The van der Waals surface area contributed by atoms with E-state index in [9.17, 15) is 12.8 Å². The van der Waals surface area contributed by atoms with Crippen LogP contribution in [0.1, 0.15) is 0 Å². The Morgan fingerprint density at radius 1 is 1.12 bits per heavy atom. The van der Waals surface area contributed by atoms with Crippen molar-refractivity contribution in [2.45, 2.75) is 5.16 Å². The molecule has 3 heterocycles. The molecule has 0 fully saturated rings. The smallest absolute Gasteiger partial charge is 0.306 e. The zero-order valence-electron chi connectivity index (χ0n) is 12.9. The molecule has 0 saturated carbocycles. The fraction of sp³-hybridized carbons (Fsp3) is 0.0625. The van der Waals surface area contributed by atoms with Gasteiger partial charge in [-0.25, -0.2) is 27.8 Å². The first-order valence-corrected chi connectivity index (χ1v) is 9.07. The minimum atomic E-state index is -3.52. The maximum Gasteiger partial charge on any atom is 0.306 e. The monoisotopic (exact) mass is 358 g/mol. The summed E-state index contributed by atoms with van der Waals surface area (Å²) in [4.78, 5) is 12.0. The molecule has 0 amide bonds. The van der Waals surface area contributed by atoms with Crippen molar-refractivity contribution in [2.75, 3.05) is 6.26 Å². The number of nitrogens with zero attached hydrogens (tertiary/aromatic N) is 4. The van der Waals surface area contributed by atoms with Crippen LogP contribution in [0.4, 0.5) is 4.39 Å². The molecule has 0 saturated heterocycles. The Labute approximate surface area is 141 Å². The van der Waals surface area contributed by atoms with Crippen molar-refractivity contribution in [3.63, 3.8) is 0 Å². The van der Waals surface area contributed by atoms with Crippen LogP contribution in [0.15, 0.2) is 58.5 Å². The highest BCUT2D eigenvalue weighted by atomic mass is 32.2. The number of imidazole rings is 1. The van der Waals surface area contributed by atoms with Crippen molar-refractivity contribution in [3.8, 4) is 22.7 Å². The average molecular weight is 358 g/mol. The van der Waals surface area contributed by atoms with E-state index in [1.165, 1.54) is 24.5 Å². The number of benzene rings is 1. The molecular weight excluding hydrogens is 347 g/mol. The van der Waals surface area contributed by atoms with Gasteiger partial charge in [0.1, 0.15) is 5.82 Å². The summed E-state index contributed by atoms with van der Waals surface area (Å²) in [5.41, 5.74) is 1.64. The molecule has 25 heavy (non-hydrogen) atoms. The van der Waals surface area contributed by atoms with Crippen LogP contribution in [0.25, 0.3) is 28.6 Å². The zero-order valence-corrected chi connectivity index (χ0v) is 13.7. The van der Waals surface area contributed by atoms with Crippen LogP contribution in [0.2, 0.25) is 0 Å². The van der Waals surface area contributed by atoms with Gasteiger partial charge >= 0.3 is 5.84 Å². The van der Waals surface area contributed by atoms with Crippen LogP contribution >= 0.6 is 0 Å². The van der Waals surface area contributed by atoms with Crippen LogP contribution in [0.5, 0.6) is 0 Å². The Morgan fingerprint density at radius 2 is 1.88 bits per heavy atom. The van der Waals surface area contributed by atoms with E-state index in [1.54, 1.807) is 28.8 Å². The van der Waals surface area contributed by atoms with E-state index < -0.39 is 9.84 Å². The highest BCUT2D eigenvalue weighted by Crippen LogP contribution is 2.27. The fourth-order valence-electron chi connectivity index (χ4n) is 2.39. The topological polar surface area (TPSA) is 90.4 Å². The predicted molar refractivity (Wildman–Crippen MR) is 87.0 cm³/mol. The van der Waals surface area contributed by atoms with Crippen molar-refractivity contribution in [2.24, 2.45) is 0 Å². The molecule has 7 nitrogen and oxygen atoms in total. The lowest BCUT2D eigenvalue weighted by molar-refractivity contribution is 0.593. The van der Waals surface area contributed by atoms with Crippen molar-refractivity contribution >= 4 is 15.7 Å². The van der Waals surface area contributed by atoms with Crippen LogP contribution in [-0.2, 0) is 9.84 Å². The van der Waals surface area contributed by atoms with Gasteiger partial charge in [0.25, 0.3) is 0 Å². The molecule has 9 heteroatoms. The molecule has 0 unspecified atom stereocenters. The SMILES string of the molecule is CS(=O)(=O)c1nccc(-c2cnc3oc(-c4ccc(F)cc4)cn23)n1. The van der Waals surface area contributed by atoms with Crippen LogP contribution < -0.4 is 0 Å². The Hall–Kier alpha value is -3.07. The fourth-order valence-corrected chi connectivity index (χ4v) is 2.90. The molecule has 0 bridgehead atoms. The second kappa shape index (κ2) is 5.49. The summed E-state index contributed by atoms with van der Waals surface area (Å²) in [6.07, 6.45) is 5.64. The number of hydrogen-bond donors (Lipinski definition) is 0. The Kier molecular flexibility index (Phi) is 3.39. The lowest BCUT2D eigenvalue weighted by Crippen LogP contribution is -2.04. The lowest BCUT2D eigenvalue weighted by atomic mass is 10.2. The molecule has 0 aliphatic heterocycles. The van der Waals surface area contributed by atoms with Crippen LogP contribution in [-0.4, -0.2) is 34.0 Å². The van der Waals surface area contributed by atoms with E-state index in [1.807, 2.05) is 0 Å². The largest absolute Gasteiger partial charge is 0.423 e. The molecule has 0 atom stereocenters. The molecule has 4 aromatic rings. The van der Waals surface area contributed by atoms with Gasteiger partial charge in [-0.2, -0.15) is 0 Å². The molecule has 0 N–H and O–H groups in total. The summed E-state index contributed by atoms with van der Waals surface area (Å²) in [5.74, 6) is 0.477. The third-order valence-electron chi connectivity index (χ3n) is 3.57. The summed E-state index contributed by atoms with van der Waals surface area (Å²) in [5, 5.41) is -0.262. The number of halogens is 1. The zero-order chi connectivity index (χ0) is 17.6. The maximum atomic E-state index is 13.1. The molecule has 0 aliphatic rings. The number of sulfone groups is 1. The third-order valence-corrected chi connectivity index (χ3v) is 4.43. The quantitative estimate of drug-likeness (QED) is 0.523. The van der Waals surface area contributed by atoms with E-state index in [0.29, 0.717) is 28.6 Å². The van der Waals surface area contributed by atoms with E-state index in [0.717, 1.165) is 6.26 Å². The average Bonchev–Trinajstić information content (AvgIpc) is 3.15. The van der Waals surface area contributed by atoms with Gasteiger partial charge in [0, 0.05) is 18.0 Å². The van der Waals surface area contributed by atoms with Crippen molar-refractivity contribution < 1.29 is 17.2 Å². The summed E-state index contributed by atoms with van der Waals surface area (Å²) >= 11 is 0. The predicted octanol–water partition coefficient (Wildman–Crippen LogP) is 2.59. The van der Waals surface area contributed by atoms with Gasteiger partial charge in [-0.1, -0.05) is 0 Å². The van der Waals surface area contributed by atoms with E-state index in [-0.39, 0.29) is 11.0 Å². The maximum absolute atomic E-state index is 13.1. The Morgan fingerprint density at radius 3 is 2.60 bits per heavy atom. The molecule has 0 aliphatic carbocycles. The Bertz CT molecular complexity index is 1180. The number of fused-ring (bicyclic) bond motifs is 1. The molecule has 4 rings (SSSR count). The van der Waals surface area contributed by atoms with Crippen molar-refractivity contribution in [1.82, 2.24) is 19.4 Å². The highest BCUT2D eigenvalue weighted by molar-refractivity contribution is 7.90. The van der Waals surface area contributed by atoms with Gasteiger partial charge in [-0.05, 0) is 30.3 Å².